The number of hydrogen-bond acceptors (Lipinski definition) is 3. The van der Waals surface area contributed by atoms with E-state index in [0.29, 0.717) is 6.04 Å². The number of carbonyl (C=O) groups excluding carboxylic acids is 1. The van der Waals surface area contributed by atoms with Crippen molar-refractivity contribution in [3.8, 4) is 0 Å². The van der Waals surface area contributed by atoms with Crippen LogP contribution in [0.2, 0.25) is 0 Å². The fourth-order valence-electron chi connectivity index (χ4n) is 3.05. The van der Waals surface area contributed by atoms with Crippen molar-refractivity contribution in [2.45, 2.75) is 51.0 Å². The van der Waals surface area contributed by atoms with Crippen LogP contribution in [0.5, 0.6) is 0 Å². The lowest BCUT2D eigenvalue weighted by atomic mass is 9.99. The van der Waals surface area contributed by atoms with E-state index >= 15 is 0 Å². The van der Waals surface area contributed by atoms with Crippen LogP contribution >= 0.6 is 11.3 Å². The Morgan fingerprint density at radius 2 is 2.26 bits per heavy atom. The third-order valence-corrected chi connectivity index (χ3v) is 5.40. The molecule has 0 aromatic carbocycles. The third-order valence-electron chi connectivity index (χ3n) is 4.16. The Balaban J connectivity index is 1.50. The van der Waals surface area contributed by atoms with Crippen LogP contribution in [0.3, 0.4) is 0 Å². The minimum atomic E-state index is 0.123. The molecule has 2 N–H and O–H groups in total. The van der Waals surface area contributed by atoms with Crippen LogP contribution in [0.25, 0.3) is 0 Å². The van der Waals surface area contributed by atoms with E-state index in [-0.39, 0.29) is 5.91 Å². The lowest BCUT2D eigenvalue weighted by Gasteiger charge is -2.10. The summed E-state index contributed by atoms with van der Waals surface area (Å²) in [5.74, 6) is 0.123. The van der Waals surface area contributed by atoms with Crippen LogP contribution in [-0.2, 0) is 12.8 Å². The van der Waals surface area contributed by atoms with Crippen molar-refractivity contribution in [1.29, 1.82) is 0 Å². The summed E-state index contributed by atoms with van der Waals surface area (Å²) < 4.78 is 0. The molecule has 104 valence electrons. The molecule has 1 fully saturated rings. The van der Waals surface area contributed by atoms with Gasteiger partial charge in [0.1, 0.15) is 0 Å². The van der Waals surface area contributed by atoms with Crippen LogP contribution in [0.4, 0.5) is 0 Å². The van der Waals surface area contributed by atoms with E-state index in [1.807, 2.05) is 0 Å². The fourth-order valence-corrected chi connectivity index (χ4v) is 4.22. The van der Waals surface area contributed by atoms with Gasteiger partial charge in [-0.25, -0.2) is 0 Å². The second-order valence-corrected chi connectivity index (χ2v) is 6.74. The van der Waals surface area contributed by atoms with Crippen molar-refractivity contribution in [2.75, 3.05) is 13.1 Å². The molecule has 1 aromatic heterocycles. The van der Waals surface area contributed by atoms with Gasteiger partial charge in [-0.2, -0.15) is 0 Å². The molecule has 0 radical (unpaired) electrons. The predicted molar refractivity (Wildman–Crippen MR) is 78.9 cm³/mol. The van der Waals surface area contributed by atoms with Gasteiger partial charge in [0.25, 0.3) is 5.91 Å². The van der Waals surface area contributed by atoms with Crippen molar-refractivity contribution in [3.63, 3.8) is 0 Å². The Hall–Kier alpha value is -0.870. The Kier molecular flexibility index (Phi) is 4.18. The zero-order chi connectivity index (χ0) is 13.1. The van der Waals surface area contributed by atoms with Gasteiger partial charge in [0.05, 0.1) is 4.88 Å². The predicted octanol–water partition coefficient (Wildman–Crippen LogP) is 2.50. The van der Waals surface area contributed by atoms with Crippen molar-refractivity contribution >= 4 is 17.2 Å². The molecule has 0 saturated carbocycles. The molecule has 1 atom stereocenters. The van der Waals surface area contributed by atoms with E-state index in [9.17, 15) is 4.79 Å². The maximum absolute atomic E-state index is 12.1. The van der Waals surface area contributed by atoms with Gasteiger partial charge in [-0.3, -0.25) is 4.79 Å². The van der Waals surface area contributed by atoms with E-state index in [0.717, 1.165) is 30.8 Å². The summed E-state index contributed by atoms with van der Waals surface area (Å²) in [6.45, 7) is 1.93. The minimum absolute atomic E-state index is 0.123. The molecule has 3 rings (SSSR count). The molecule has 2 heterocycles. The number of hydrogen-bond donors (Lipinski definition) is 2. The molecule has 1 aliphatic carbocycles. The first-order valence-electron chi connectivity index (χ1n) is 7.46. The normalized spacial score (nSPS) is 22.2. The molecule has 1 aromatic rings. The van der Waals surface area contributed by atoms with Crippen molar-refractivity contribution in [2.24, 2.45) is 0 Å². The third kappa shape index (κ3) is 3.18. The Labute approximate surface area is 118 Å². The van der Waals surface area contributed by atoms with Gasteiger partial charge >= 0.3 is 0 Å². The first-order chi connectivity index (χ1) is 9.33. The van der Waals surface area contributed by atoms with E-state index < -0.39 is 0 Å². The monoisotopic (exact) mass is 278 g/mol. The second kappa shape index (κ2) is 6.06. The van der Waals surface area contributed by atoms with Gasteiger partial charge in [-0.1, -0.05) is 0 Å². The highest BCUT2D eigenvalue weighted by atomic mass is 32.1. The fraction of sp³-hybridized carbons (Fsp3) is 0.667. The number of fused-ring (bicyclic) bond motifs is 1. The summed E-state index contributed by atoms with van der Waals surface area (Å²) >= 11 is 1.70. The molecular weight excluding hydrogens is 256 g/mol. The molecule has 1 saturated heterocycles. The summed E-state index contributed by atoms with van der Waals surface area (Å²) in [7, 11) is 0. The molecule has 4 heteroatoms. The summed E-state index contributed by atoms with van der Waals surface area (Å²) in [5.41, 5.74) is 1.42. The van der Waals surface area contributed by atoms with Crippen LogP contribution < -0.4 is 10.6 Å². The molecule has 0 unspecified atom stereocenters. The average molecular weight is 278 g/mol. The Morgan fingerprint density at radius 1 is 1.37 bits per heavy atom. The minimum Gasteiger partial charge on any atom is -0.351 e. The van der Waals surface area contributed by atoms with Crippen molar-refractivity contribution < 1.29 is 4.79 Å². The van der Waals surface area contributed by atoms with E-state index in [4.69, 9.17) is 0 Å². The SMILES string of the molecule is O=C(NCC[C@H]1CCCN1)c1cc2c(s1)CCCC2. The van der Waals surface area contributed by atoms with Gasteiger partial charge in [-0.15, -0.1) is 11.3 Å². The number of carbonyl (C=O) groups is 1. The zero-order valence-electron chi connectivity index (χ0n) is 11.3. The standard InChI is InChI=1S/C15H22N2OS/c18-15(17-9-7-12-5-3-8-16-12)14-10-11-4-1-2-6-13(11)19-14/h10,12,16H,1-9H2,(H,17,18)/t12-/m1/s1. The highest BCUT2D eigenvalue weighted by Gasteiger charge is 2.18. The maximum atomic E-state index is 12.1. The highest BCUT2D eigenvalue weighted by Crippen LogP contribution is 2.29. The first kappa shape index (κ1) is 13.1. The number of nitrogens with one attached hydrogen (secondary N) is 2. The summed E-state index contributed by atoms with van der Waals surface area (Å²) in [5, 5.41) is 6.53. The van der Waals surface area contributed by atoms with Gasteiger partial charge in [0.15, 0.2) is 0 Å². The second-order valence-electron chi connectivity index (χ2n) is 5.60. The number of amides is 1. The smallest absolute Gasteiger partial charge is 0.261 e. The molecule has 1 aliphatic heterocycles. The van der Waals surface area contributed by atoms with Crippen LogP contribution in [-0.4, -0.2) is 25.0 Å². The molecule has 19 heavy (non-hydrogen) atoms. The van der Waals surface area contributed by atoms with Crippen LogP contribution in [0.15, 0.2) is 6.07 Å². The summed E-state index contributed by atoms with van der Waals surface area (Å²) in [4.78, 5) is 14.5. The van der Waals surface area contributed by atoms with Crippen LogP contribution in [0.1, 0.15) is 52.2 Å². The molecule has 0 bridgehead atoms. The molecule has 1 amide bonds. The van der Waals surface area contributed by atoms with Gasteiger partial charge < -0.3 is 10.6 Å². The molecular formula is C15H22N2OS. The Morgan fingerprint density at radius 3 is 3.05 bits per heavy atom. The van der Waals surface area contributed by atoms with E-state index in [2.05, 4.69) is 16.7 Å². The molecule has 2 aliphatic rings. The quantitative estimate of drug-likeness (QED) is 0.888. The molecule has 0 spiro atoms. The van der Waals surface area contributed by atoms with Gasteiger partial charge in [-0.05, 0) is 63.1 Å². The summed E-state index contributed by atoms with van der Waals surface area (Å²) in [6, 6.07) is 2.72. The van der Waals surface area contributed by atoms with E-state index in [1.165, 1.54) is 42.5 Å². The molecule has 3 nitrogen and oxygen atoms in total. The maximum Gasteiger partial charge on any atom is 0.261 e. The lowest BCUT2D eigenvalue weighted by molar-refractivity contribution is 0.0956. The van der Waals surface area contributed by atoms with Crippen molar-refractivity contribution in [1.82, 2.24) is 10.6 Å². The topological polar surface area (TPSA) is 41.1 Å². The summed E-state index contributed by atoms with van der Waals surface area (Å²) in [6.07, 6.45) is 8.46. The number of rotatable bonds is 4. The zero-order valence-corrected chi connectivity index (χ0v) is 12.2. The lowest BCUT2D eigenvalue weighted by Crippen LogP contribution is -2.30. The Bertz CT molecular complexity index is 425. The van der Waals surface area contributed by atoms with Gasteiger partial charge in [0.2, 0.25) is 0 Å². The average Bonchev–Trinajstić information content (AvgIpc) is 3.07. The largest absolute Gasteiger partial charge is 0.351 e. The first-order valence-corrected chi connectivity index (χ1v) is 8.28. The van der Waals surface area contributed by atoms with Crippen molar-refractivity contribution in [3.05, 3.63) is 21.4 Å². The number of aryl methyl sites for hydroxylation is 2. The highest BCUT2D eigenvalue weighted by molar-refractivity contribution is 7.14. The van der Waals surface area contributed by atoms with Crippen LogP contribution in [0, 0.1) is 0 Å². The number of thiophene rings is 1. The van der Waals surface area contributed by atoms with Gasteiger partial charge in [0, 0.05) is 17.5 Å². The van der Waals surface area contributed by atoms with E-state index in [1.54, 1.807) is 11.3 Å².